The maximum absolute atomic E-state index is 12.2. The van der Waals surface area contributed by atoms with Crippen LogP contribution in [0, 0.1) is 0 Å². The Bertz CT molecular complexity index is 895. The molecule has 0 spiro atoms. The molecule has 106 valence electrons. The summed E-state index contributed by atoms with van der Waals surface area (Å²) in [5.74, 6) is 0. The van der Waals surface area contributed by atoms with Crippen LogP contribution in [0.15, 0.2) is 59.8 Å². The van der Waals surface area contributed by atoms with E-state index in [9.17, 15) is 8.42 Å². The fraction of sp³-hybridized carbons (Fsp3) is 0. The Balaban J connectivity index is 1.95. The molecule has 3 aromatic rings. The molecule has 1 heterocycles. The average Bonchev–Trinajstić information content (AvgIpc) is 2.47. The Morgan fingerprint density at radius 1 is 0.952 bits per heavy atom. The van der Waals surface area contributed by atoms with Gasteiger partial charge in [0.05, 0.1) is 12.4 Å². The van der Waals surface area contributed by atoms with E-state index >= 15 is 0 Å². The molecule has 2 aromatic carbocycles. The van der Waals surface area contributed by atoms with Gasteiger partial charge in [-0.25, -0.2) is 18.4 Å². The lowest BCUT2D eigenvalue weighted by Crippen LogP contribution is -2.13. The van der Waals surface area contributed by atoms with E-state index < -0.39 is 10.0 Å². The first-order valence-electron chi connectivity index (χ1n) is 6.04. The summed E-state index contributed by atoms with van der Waals surface area (Å²) in [5, 5.41) is 1.99. The number of nitrogens with zero attached hydrogens (tertiary/aromatic N) is 2. The summed E-state index contributed by atoms with van der Waals surface area (Å²) in [6, 6.07) is 13.0. The molecule has 0 radical (unpaired) electrons. The van der Waals surface area contributed by atoms with Crippen LogP contribution in [0.4, 0.5) is 5.69 Å². The maximum Gasteiger partial charge on any atom is 0.264 e. The first kappa shape index (κ1) is 13.8. The molecule has 1 aromatic heterocycles. The molecule has 0 fully saturated rings. The van der Waals surface area contributed by atoms with Crippen LogP contribution in [0.2, 0.25) is 5.28 Å². The van der Waals surface area contributed by atoms with Gasteiger partial charge in [-0.15, -0.1) is 0 Å². The van der Waals surface area contributed by atoms with Gasteiger partial charge >= 0.3 is 0 Å². The molecule has 0 saturated carbocycles. The highest BCUT2D eigenvalue weighted by Crippen LogP contribution is 2.21. The lowest BCUT2D eigenvalue weighted by molar-refractivity contribution is 0.600. The molecule has 0 bridgehead atoms. The molecule has 0 aliphatic rings. The van der Waals surface area contributed by atoms with Crippen molar-refractivity contribution in [2.75, 3.05) is 4.72 Å². The number of nitrogens with one attached hydrogen (secondary N) is 1. The lowest BCUT2D eigenvalue weighted by atomic mass is 10.1. The summed E-state index contributed by atoms with van der Waals surface area (Å²) in [6.07, 6.45) is 2.33. The van der Waals surface area contributed by atoms with Crippen LogP contribution in [0.3, 0.4) is 0 Å². The number of sulfonamides is 1. The minimum atomic E-state index is -3.73. The zero-order valence-corrected chi connectivity index (χ0v) is 12.3. The summed E-state index contributed by atoms with van der Waals surface area (Å²) < 4.78 is 26.9. The zero-order chi connectivity index (χ0) is 14.9. The van der Waals surface area contributed by atoms with E-state index in [-0.39, 0.29) is 10.2 Å². The van der Waals surface area contributed by atoms with Gasteiger partial charge in [-0.3, -0.25) is 4.72 Å². The van der Waals surface area contributed by atoms with Crippen LogP contribution >= 0.6 is 11.6 Å². The van der Waals surface area contributed by atoms with Crippen molar-refractivity contribution >= 4 is 38.1 Å². The van der Waals surface area contributed by atoms with E-state index in [1.165, 1.54) is 12.4 Å². The van der Waals surface area contributed by atoms with E-state index in [2.05, 4.69) is 14.7 Å². The highest BCUT2D eigenvalue weighted by atomic mass is 35.5. The third-order valence-corrected chi connectivity index (χ3v) is 4.44. The highest BCUT2D eigenvalue weighted by molar-refractivity contribution is 7.92. The number of fused-ring (bicyclic) bond motifs is 1. The van der Waals surface area contributed by atoms with Gasteiger partial charge in [-0.05, 0) is 34.5 Å². The minimum absolute atomic E-state index is 0.000319. The molecular weight excluding hydrogens is 310 g/mol. The number of benzene rings is 2. The number of aromatic nitrogens is 2. The molecule has 0 unspecified atom stereocenters. The van der Waals surface area contributed by atoms with Gasteiger partial charge < -0.3 is 0 Å². The Morgan fingerprint density at radius 2 is 1.62 bits per heavy atom. The topological polar surface area (TPSA) is 72.0 Å². The van der Waals surface area contributed by atoms with Gasteiger partial charge in [-0.1, -0.05) is 30.3 Å². The normalized spacial score (nSPS) is 11.5. The van der Waals surface area contributed by atoms with Crippen molar-refractivity contribution in [2.24, 2.45) is 0 Å². The SMILES string of the molecule is O=S(=O)(Nc1ccc2ccccc2c1)c1cnc(Cl)nc1. The monoisotopic (exact) mass is 319 g/mol. The molecule has 5 nitrogen and oxygen atoms in total. The Kier molecular flexibility index (Phi) is 3.48. The number of hydrogen-bond donors (Lipinski definition) is 1. The van der Waals surface area contributed by atoms with Gasteiger partial charge in [0.25, 0.3) is 10.0 Å². The number of rotatable bonds is 3. The zero-order valence-electron chi connectivity index (χ0n) is 10.7. The lowest BCUT2D eigenvalue weighted by Gasteiger charge is -2.08. The van der Waals surface area contributed by atoms with Gasteiger partial charge in [0.15, 0.2) is 0 Å². The highest BCUT2D eigenvalue weighted by Gasteiger charge is 2.15. The molecule has 0 saturated heterocycles. The largest absolute Gasteiger partial charge is 0.280 e. The van der Waals surface area contributed by atoms with E-state index in [0.717, 1.165) is 10.8 Å². The first-order chi connectivity index (χ1) is 10.0. The van der Waals surface area contributed by atoms with E-state index in [1.54, 1.807) is 12.1 Å². The summed E-state index contributed by atoms with van der Waals surface area (Å²) in [5.41, 5.74) is 0.476. The summed E-state index contributed by atoms with van der Waals surface area (Å²) >= 11 is 5.55. The van der Waals surface area contributed by atoms with Crippen molar-refractivity contribution in [2.45, 2.75) is 4.90 Å². The third-order valence-electron chi connectivity index (χ3n) is 2.91. The molecule has 7 heteroatoms. The Labute approximate surface area is 126 Å². The molecule has 0 atom stereocenters. The van der Waals surface area contributed by atoms with Gasteiger partial charge in [0, 0.05) is 5.69 Å². The molecule has 21 heavy (non-hydrogen) atoms. The van der Waals surface area contributed by atoms with Gasteiger partial charge in [-0.2, -0.15) is 0 Å². The predicted molar refractivity (Wildman–Crippen MR) is 81.8 cm³/mol. The van der Waals surface area contributed by atoms with Crippen molar-refractivity contribution in [3.05, 3.63) is 60.1 Å². The molecule has 1 N–H and O–H groups in total. The second-order valence-corrected chi connectivity index (χ2v) is 6.38. The number of hydrogen-bond acceptors (Lipinski definition) is 4. The summed E-state index contributed by atoms with van der Waals surface area (Å²) in [6.45, 7) is 0. The Hall–Kier alpha value is -2.18. The third kappa shape index (κ3) is 2.96. The summed E-state index contributed by atoms with van der Waals surface area (Å²) in [4.78, 5) is 7.30. The van der Waals surface area contributed by atoms with Crippen LogP contribution in [0.5, 0.6) is 0 Å². The first-order valence-corrected chi connectivity index (χ1v) is 7.90. The molecule has 0 aliphatic carbocycles. The molecular formula is C14H10ClN3O2S. The van der Waals surface area contributed by atoms with Crippen molar-refractivity contribution in [1.82, 2.24) is 9.97 Å². The standard InChI is InChI=1S/C14H10ClN3O2S/c15-14-16-8-13(9-17-14)21(19,20)18-12-6-5-10-3-1-2-4-11(10)7-12/h1-9,18H. The minimum Gasteiger partial charge on any atom is -0.280 e. The van der Waals surface area contributed by atoms with Gasteiger partial charge in [0.2, 0.25) is 5.28 Å². The van der Waals surface area contributed by atoms with Crippen molar-refractivity contribution in [1.29, 1.82) is 0 Å². The van der Waals surface area contributed by atoms with Crippen molar-refractivity contribution in [3.63, 3.8) is 0 Å². The van der Waals surface area contributed by atoms with Crippen molar-refractivity contribution in [3.8, 4) is 0 Å². The van der Waals surface area contributed by atoms with E-state index in [4.69, 9.17) is 11.6 Å². The van der Waals surface area contributed by atoms with Crippen LogP contribution in [-0.2, 0) is 10.0 Å². The predicted octanol–water partition coefficient (Wildman–Crippen LogP) is 3.08. The maximum atomic E-state index is 12.2. The number of anilines is 1. The molecule has 0 aliphatic heterocycles. The quantitative estimate of drug-likeness (QED) is 0.753. The smallest absolute Gasteiger partial charge is 0.264 e. The number of halogens is 1. The van der Waals surface area contributed by atoms with Crippen LogP contribution in [-0.4, -0.2) is 18.4 Å². The van der Waals surface area contributed by atoms with Crippen LogP contribution in [0.1, 0.15) is 0 Å². The fourth-order valence-corrected chi connectivity index (χ4v) is 2.94. The molecule has 3 rings (SSSR count). The van der Waals surface area contributed by atoms with E-state index in [0.29, 0.717) is 5.69 Å². The summed E-state index contributed by atoms with van der Waals surface area (Å²) in [7, 11) is -3.73. The second-order valence-electron chi connectivity index (χ2n) is 4.36. The average molecular weight is 320 g/mol. The van der Waals surface area contributed by atoms with Gasteiger partial charge in [0.1, 0.15) is 4.90 Å². The van der Waals surface area contributed by atoms with Crippen LogP contribution in [0.25, 0.3) is 10.8 Å². The fourth-order valence-electron chi connectivity index (χ4n) is 1.91. The second kappa shape index (κ2) is 5.31. The van der Waals surface area contributed by atoms with E-state index in [1.807, 2.05) is 30.3 Å². The van der Waals surface area contributed by atoms with Crippen molar-refractivity contribution < 1.29 is 8.42 Å². The Morgan fingerprint density at radius 3 is 2.33 bits per heavy atom. The molecule has 0 amide bonds. The van der Waals surface area contributed by atoms with Crippen LogP contribution < -0.4 is 4.72 Å².